The number of nitrogens with zero attached hydrogens (tertiary/aromatic N) is 2. The van der Waals surface area contributed by atoms with Crippen molar-refractivity contribution in [1.82, 2.24) is 9.80 Å². The Bertz CT molecular complexity index is 274. The molecule has 2 fully saturated rings. The second-order valence-electron chi connectivity index (χ2n) is 5.07. The highest BCUT2D eigenvalue weighted by Crippen LogP contribution is 2.46. The number of thioether (sulfide) groups is 1. The first-order valence-corrected chi connectivity index (χ1v) is 7.73. The van der Waals surface area contributed by atoms with Crippen molar-refractivity contribution in [2.24, 2.45) is 5.41 Å². The van der Waals surface area contributed by atoms with Crippen molar-refractivity contribution in [3.05, 3.63) is 0 Å². The van der Waals surface area contributed by atoms with E-state index in [1.165, 1.54) is 0 Å². The van der Waals surface area contributed by atoms with Crippen LogP contribution in [0.15, 0.2) is 0 Å². The fourth-order valence-corrected chi connectivity index (χ4v) is 2.76. The average Bonchev–Trinajstić information content (AvgIpc) is 3.17. The molecule has 0 unspecified atom stereocenters. The van der Waals surface area contributed by atoms with Crippen molar-refractivity contribution in [2.75, 3.05) is 51.3 Å². The number of rotatable bonds is 5. The van der Waals surface area contributed by atoms with Crippen molar-refractivity contribution >= 4 is 17.7 Å². The number of amides is 1. The summed E-state index contributed by atoms with van der Waals surface area (Å²) in [7, 11) is 0. The van der Waals surface area contributed by atoms with Crippen LogP contribution in [0.4, 0.5) is 0 Å². The molecule has 4 nitrogen and oxygen atoms in total. The molecule has 5 heteroatoms. The van der Waals surface area contributed by atoms with Gasteiger partial charge in [0, 0.05) is 38.5 Å². The summed E-state index contributed by atoms with van der Waals surface area (Å²) in [5.41, 5.74) is -0.387. The Hall–Kier alpha value is -0.260. The summed E-state index contributed by atoms with van der Waals surface area (Å²) in [4.78, 5) is 16.5. The van der Waals surface area contributed by atoms with Gasteiger partial charge in [-0.05, 0) is 19.1 Å². The van der Waals surface area contributed by atoms with Crippen LogP contribution in [0.25, 0.3) is 0 Å². The molecule has 1 saturated heterocycles. The van der Waals surface area contributed by atoms with E-state index in [1.54, 1.807) is 0 Å². The zero-order valence-corrected chi connectivity index (χ0v) is 11.3. The molecule has 2 rings (SSSR count). The smallest absolute Gasteiger partial charge is 0.231 e. The highest BCUT2D eigenvalue weighted by Gasteiger charge is 2.51. The summed E-state index contributed by atoms with van der Waals surface area (Å²) < 4.78 is 0. The lowest BCUT2D eigenvalue weighted by atomic mass is 10.1. The number of piperazine rings is 1. The molecular formula is C12H22N2O2S. The third kappa shape index (κ3) is 2.95. The molecule has 0 radical (unpaired) electrons. The van der Waals surface area contributed by atoms with Crippen molar-refractivity contribution in [2.45, 2.75) is 12.8 Å². The van der Waals surface area contributed by atoms with E-state index in [1.807, 2.05) is 16.7 Å². The molecule has 0 atom stereocenters. The van der Waals surface area contributed by atoms with E-state index in [4.69, 9.17) is 0 Å². The first-order valence-electron chi connectivity index (χ1n) is 6.33. The minimum absolute atomic E-state index is 0.0263. The van der Waals surface area contributed by atoms with Gasteiger partial charge in [0.25, 0.3) is 0 Å². The van der Waals surface area contributed by atoms with Crippen LogP contribution in [0.1, 0.15) is 12.8 Å². The fraction of sp³-hybridized carbons (Fsp3) is 0.917. The van der Waals surface area contributed by atoms with Gasteiger partial charge in [-0.1, -0.05) is 0 Å². The fourth-order valence-electron chi connectivity index (χ4n) is 2.32. The van der Waals surface area contributed by atoms with Gasteiger partial charge in [-0.25, -0.2) is 0 Å². The van der Waals surface area contributed by atoms with Gasteiger partial charge in [0.2, 0.25) is 5.91 Å². The molecule has 1 amide bonds. The lowest BCUT2D eigenvalue weighted by molar-refractivity contribution is -0.140. The van der Waals surface area contributed by atoms with Crippen LogP contribution in [0.2, 0.25) is 0 Å². The van der Waals surface area contributed by atoms with Crippen LogP contribution < -0.4 is 0 Å². The molecule has 1 N–H and O–H groups in total. The van der Waals surface area contributed by atoms with Crippen molar-refractivity contribution in [3.63, 3.8) is 0 Å². The Morgan fingerprint density at radius 1 is 1.29 bits per heavy atom. The van der Waals surface area contributed by atoms with E-state index >= 15 is 0 Å². The van der Waals surface area contributed by atoms with E-state index in [0.717, 1.165) is 51.3 Å². The quantitative estimate of drug-likeness (QED) is 0.768. The van der Waals surface area contributed by atoms with Gasteiger partial charge in [-0.15, -0.1) is 0 Å². The number of hydrogen-bond acceptors (Lipinski definition) is 4. The Morgan fingerprint density at radius 3 is 2.41 bits per heavy atom. The highest BCUT2D eigenvalue weighted by atomic mass is 32.2. The zero-order chi connectivity index (χ0) is 12.3. The average molecular weight is 258 g/mol. The standard InChI is InChI=1S/C12H22N2O2S/c1-17-9-8-13-4-6-14(7-5-13)11(16)12(10-15)2-3-12/h15H,2-10H2,1H3. The summed E-state index contributed by atoms with van der Waals surface area (Å²) >= 11 is 1.86. The van der Waals surface area contributed by atoms with Crippen LogP contribution in [0.5, 0.6) is 0 Å². The van der Waals surface area contributed by atoms with Crippen LogP contribution >= 0.6 is 11.8 Å². The highest BCUT2D eigenvalue weighted by molar-refractivity contribution is 7.98. The minimum Gasteiger partial charge on any atom is -0.395 e. The summed E-state index contributed by atoms with van der Waals surface area (Å²) in [6.07, 6.45) is 3.86. The van der Waals surface area contributed by atoms with Crippen molar-refractivity contribution < 1.29 is 9.90 Å². The minimum atomic E-state index is -0.387. The first-order chi connectivity index (χ1) is 8.22. The topological polar surface area (TPSA) is 43.8 Å². The molecule has 1 aliphatic heterocycles. The van der Waals surface area contributed by atoms with Gasteiger partial charge in [0.15, 0.2) is 0 Å². The summed E-state index contributed by atoms with van der Waals surface area (Å²) in [6, 6.07) is 0. The second-order valence-corrected chi connectivity index (χ2v) is 6.05. The summed E-state index contributed by atoms with van der Waals surface area (Å²) in [5, 5.41) is 9.27. The molecular weight excluding hydrogens is 236 g/mol. The van der Waals surface area contributed by atoms with Gasteiger partial charge in [-0.2, -0.15) is 11.8 Å². The monoisotopic (exact) mass is 258 g/mol. The largest absolute Gasteiger partial charge is 0.395 e. The van der Waals surface area contributed by atoms with E-state index in [-0.39, 0.29) is 17.9 Å². The Kier molecular flexibility index (Phi) is 4.33. The molecule has 17 heavy (non-hydrogen) atoms. The molecule has 1 heterocycles. The molecule has 0 aromatic carbocycles. The van der Waals surface area contributed by atoms with E-state index in [9.17, 15) is 9.90 Å². The van der Waals surface area contributed by atoms with Gasteiger partial charge in [0.1, 0.15) is 0 Å². The number of aliphatic hydroxyl groups is 1. The van der Waals surface area contributed by atoms with Crippen LogP contribution in [-0.2, 0) is 4.79 Å². The Morgan fingerprint density at radius 2 is 1.94 bits per heavy atom. The molecule has 2 aliphatic rings. The van der Waals surface area contributed by atoms with Crippen LogP contribution in [-0.4, -0.2) is 72.2 Å². The molecule has 0 bridgehead atoms. The zero-order valence-electron chi connectivity index (χ0n) is 10.5. The van der Waals surface area contributed by atoms with E-state index in [0.29, 0.717) is 0 Å². The van der Waals surface area contributed by atoms with E-state index in [2.05, 4.69) is 11.2 Å². The number of hydrogen-bond donors (Lipinski definition) is 1. The Labute approximate surface area is 107 Å². The predicted molar refractivity (Wildman–Crippen MR) is 70.2 cm³/mol. The van der Waals surface area contributed by atoms with E-state index < -0.39 is 0 Å². The van der Waals surface area contributed by atoms with Gasteiger partial charge >= 0.3 is 0 Å². The number of aliphatic hydroxyl groups excluding tert-OH is 1. The summed E-state index contributed by atoms with van der Waals surface area (Å²) in [6.45, 7) is 4.76. The van der Waals surface area contributed by atoms with Crippen LogP contribution in [0, 0.1) is 5.41 Å². The third-order valence-corrected chi connectivity index (χ3v) is 4.47. The van der Waals surface area contributed by atoms with Crippen molar-refractivity contribution in [3.8, 4) is 0 Å². The Balaban J connectivity index is 1.77. The summed E-state index contributed by atoms with van der Waals surface area (Å²) in [5.74, 6) is 1.35. The maximum absolute atomic E-state index is 12.2. The maximum atomic E-state index is 12.2. The molecule has 0 aromatic rings. The SMILES string of the molecule is CSCCN1CCN(C(=O)C2(CO)CC2)CC1. The first kappa shape index (κ1) is 13.2. The van der Waals surface area contributed by atoms with Gasteiger partial charge < -0.3 is 10.0 Å². The van der Waals surface area contributed by atoms with Crippen LogP contribution in [0.3, 0.4) is 0 Å². The lowest BCUT2D eigenvalue weighted by Gasteiger charge is -2.36. The normalized spacial score (nSPS) is 23.8. The predicted octanol–water partition coefficient (Wildman–Crippen LogP) is 0.266. The molecule has 0 aromatic heterocycles. The molecule has 1 aliphatic carbocycles. The second kappa shape index (κ2) is 5.59. The number of carbonyl (C=O) groups is 1. The van der Waals surface area contributed by atoms with Gasteiger partial charge in [0.05, 0.1) is 12.0 Å². The third-order valence-electron chi connectivity index (χ3n) is 3.88. The lowest BCUT2D eigenvalue weighted by Crippen LogP contribution is -2.51. The number of carbonyl (C=O) groups excluding carboxylic acids is 1. The molecule has 0 spiro atoms. The molecule has 98 valence electrons. The van der Waals surface area contributed by atoms with Gasteiger partial charge in [-0.3, -0.25) is 9.69 Å². The van der Waals surface area contributed by atoms with Crippen molar-refractivity contribution in [1.29, 1.82) is 0 Å². The maximum Gasteiger partial charge on any atom is 0.231 e. The molecule has 1 saturated carbocycles.